The monoisotopic (exact) mass is 356 g/mol. The molecule has 0 bridgehead atoms. The van der Waals surface area contributed by atoms with Gasteiger partial charge in [-0.2, -0.15) is 0 Å². The van der Waals surface area contributed by atoms with Crippen molar-refractivity contribution < 1.29 is 9.59 Å². The van der Waals surface area contributed by atoms with Crippen LogP contribution in [0.15, 0.2) is 48.5 Å². The molecule has 24 heavy (non-hydrogen) atoms. The number of carbonyl (C=O) groups excluding carboxylic acids is 2. The maximum atomic E-state index is 12.5. The third-order valence-corrected chi connectivity index (χ3v) is 6.79. The van der Waals surface area contributed by atoms with Gasteiger partial charge in [-0.05, 0) is 37.8 Å². The standard InChI is InChI=1S/C20H20O2S2/c1-13-3-7-15(8-4-13)11-17-19(21)24-18(20(22)23-17)12-16-9-5-14(2)6-10-16/h3-10,17-18H,11-12H2,1-2H3. The molecule has 3 rings (SSSR count). The molecule has 1 aliphatic rings. The fraction of sp³-hybridized carbons (Fsp3) is 0.300. The predicted octanol–water partition coefficient (Wildman–Crippen LogP) is 4.36. The number of hydrogen-bond acceptors (Lipinski definition) is 4. The van der Waals surface area contributed by atoms with Crippen LogP contribution in [0.5, 0.6) is 0 Å². The molecular weight excluding hydrogens is 336 g/mol. The van der Waals surface area contributed by atoms with Crippen molar-refractivity contribution in [2.45, 2.75) is 37.2 Å². The molecule has 2 unspecified atom stereocenters. The molecule has 1 saturated heterocycles. The van der Waals surface area contributed by atoms with Gasteiger partial charge < -0.3 is 0 Å². The van der Waals surface area contributed by atoms with Crippen LogP contribution in [-0.2, 0) is 22.4 Å². The minimum Gasteiger partial charge on any atom is -0.286 e. The van der Waals surface area contributed by atoms with Crippen molar-refractivity contribution >= 4 is 33.8 Å². The lowest BCUT2D eigenvalue weighted by Crippen LogP contribution is -2.32. The number of rotatable bonds is 4. The van der Waals surface area contributed by atoms with Crippen molar-refractivity contribution in [1.82, 2.24) is 0 Å². The molecule has 0 radical (unpaired) electrons. The molecule has 2 nitrogen and oxygen atoms in total. The second-order valence-corrected chi connectivity index (χ2v) is 8.64. The van der Waals surface area contributed by atoms with E-state index in [1.54, 1.807) is 0 Å². The Labute approximate surface area is 151 Å². The van der Waals surface area contributed by atoms with E-state index in [9.17, 15) is 9.59 Å². The number of carbonyl (C=O) groups is 2. The van der Waals surface area contributed by atoms with Gasteiger partial charge in [0.2, 0.25) is 10.2 Å². The van der Waals surface area contributed by atoms with E-state index in [1.165, 1.54) is 34.7 Å². The van der Waals surface area contributed by atoms with E-state index in [1.807, 2.05) is 62.4 Å². The van der Waals surface area contributed by atoms with Crippen molar-refractivity contribution in [3.8, 4) is 0 Å². The molecule has 0 N–H and O–H groups in total. The Morgan fingerprint density at radius 3 is 1.33 bits per heavy atom. The van der Waals surface area contributed by atoms with E-state index >= 15 is 0 Å². The average Bonchev–Trinajstić information content (AvgIpc) is 2.56. The lowest BCUT2D eigenvalue weighted by Gasteiger charge is -2.25. The highest BCUT2D eigenvalue weighted by Crippen LogP contribution is 2.36. The van der Waals surface area contributed by atoms with Crippen LogP contribution in [0.4, 0.5) is 0 Å². The highest BCUT2D eigenvalue weighted by atomic mass is 32.2. The van der Waals surface area contributed by atoms with Gasteiger partial charge in [-0.1, -0.05) is 83.2 Å². The number of hydrogen-bond donors (Lipinski definition) is 0. The number of benzene rings is 2. The molecule has 124 valence electrons. The van der Waals surface area contributed by atoms with E-state index in [4.69, 9.17) is 0 Å². The van der Waals surface area contributed by atoms with Gasteiger partial charge in [-0.3, -0.25) is 9.59 Å². The van der Waals surface area contributed by atoms with Crippen molar-refractivity contribution in [2.24, 2.45) is 0 Å². The zero-order chi connectivity index (χ0) is 17.1. The second-order valence-electron chi connectivity index (χ2n) is 6.23. The Bertz CT molecular complexity index is 670. The summed E-state index contributed by atoms with van der Waals surface area (Å²) in [5.41, 5.74) is 4.61. The number of aryl methyl sites for hydroxylation is 2. The van der Waals surface area contributed by atoms with Crippen LogP contribution in [0, 0.1) is 13.8 Å². The highest BCUT2D eigenvalue weighted by molar-refractivity contribution is 8.25. The molecule has 4 heteroatoms. The Balaban J connectivity index is 1.63. The van der Waals surface area contributed by atoms with E-state index in [-0.39, 0.29) is 20.7 Å². The molecule has 1 aliphatic heterocycles. The first-order valence-electron chi connectivity index (χ1n) is 8.03. The van der Waals surface area contributed by atoms with E-state index in [2.05, 4.69) is 0 Å². The molecule has 1 heterocycles. The van der Waals surface area contributed by atoms with Gasteiger partial charge in [0, 0.05) is 0 Å². The van der Waals surface area contributed by atoms with Crippen molar-refractivity contribution in [1.29, 1.82) is 0 Å². The molecule has 0 aliphatic carbocycles. The summed E-state index contributed by atoms with van der Waals surface area (Å²) in [6.07, 6.45) is 1.25. The fourth-order valence-corrected chi connectivity index (χ4v) is 5.05. The Morgan fingerprint density at radius 2 is 1.00 bits per heavy atom. The summed E-state index contributed by atoms with van der Waals surface area (Å²) >= 11 is 2.43. The van der Waals surface area contributed by atoms with E-state index < -0.39 is 0 Å². The van der Waals surface area contributed by atoms with E-state index in [0.717, 1.165) is 11.1 Å². The van der Waals surface area contributed by atoms with Crippen molar-refractivity contribution in [3.05, 3.63) is 70.8 Å². The van der Waals surface area contributed by atoms with Gasteiger partial charge in [0.05, 0.1) is 10.5 Å². The van der Waals surface area contributed by atoms with Crippen LogP contribution in [0.1, 0.15) is 22.3 Å². The zero-order valence-corrected chi connectivity index (χ0v) is 15.5. The minimum absolute atomic E-state index is 0.122. The third kappa shape index (κ3) is 4.31. The largest absolute Gasteiger partial charge is 0.286 e. The average molecular weight is 357 g/mol. The molecule has 0 amide bonds. The van der Waals surface area contributed by atoms with Gasteiger partial charge in [0.1, 0.15) is 0 Å². The van der Waals surface area contributed by atoms with Gasteiger partial charge in [-0.15, -0.1) is 0 Å². The summed E-state index contributed by atoms with van der Waals surface area (Å²) in [7, 11) is 0. The molecule has 2 aromatic carbocycles. The fourth-order valence-electron chi connectivity index (χ4n) is 2.65. The first-order chi connectivity index (χ1) is 11.5. The first kappa shape index (κ1) is 17.3. The van der Waals surface area contributed by atoms with E-state index in [0.29, 0.717) is 12.8 Å². The molecule has 0 saturated carbocycles. The third-order valence-electron chi connectivity index (χ3n) is 4.13. The van der Waals surface area contributed by atoms with Crippen LogP contribution in [-0.4, -0.2) is 20.7 Å². The quantitative estimate of drug-likeness (QED) is 0.815. The van der Waals surface area contributed by atoms with Crippen LogP contribution >= 0.6 is 23.5 Å². The summed E-state index contributed by atoms with van der Waals surface area (Å²) in [5, 5.41) is -0.284. The molecule has 2 atom stereocenters. The highest BCUT2D eigenvalue weighted by Gasteiger charge is 2.36. The van der Waals surface area contributed by atoms with Crippen molar-refractivity contribution in [3.63, 3.8) is 0 Å². The normalized spacial score (nSPS) is 21.1. The molecule has 2 aromatic rings. The van der Waals surface area contributed by atoms with Crippen molar-refractivity contribution in [2.75, 3.05) is 0 Å². The Hall–Kier alpha value is -1.52. The molecule has 0 spiro atoms. The maximum Gasteiger partial charge on any atom is 0.203 e. The summed E-state index contributed by atoms with van der Waals surface area (Å²) in [5.74, 6) is 0. The first-order valence-corrected chi connectivity index (χ1v) is 9.79. The summed E-state index contributed by atoms with van der Waals surface area (Å²) in [6.45, 7) is 4.08. The molecule has 0 aromatic heterocycles. The van der Waals surface area contributed by atoms with Crippen LogP contribution in [0.25, 0.3) is 0 Å². The Kier molecular flexibility index (Phi) is 5.47. The summed E-state index contributed by atoms with van der Waals surface area (Å²) in [6, 6.07) is 16.3. The zero-order valence-electron chi connectivity index (χ0n) is 13.8. The lowest BCUT2D eigenvalue weighted by atomic mass is 10.1. The van der Waals surface area contributed by atoms with Crippen LogP contribution in [0.3, 0.4) is 0 Å². The predicted molar refractivity (Wildman–Crippen MR) is 103 cm³/mol. The maximum absolute atomic E-state index is 12.5. The summed E-state index contributed by atoms with van der Waals surface area (Å²) in [4.78, 5) is 24.9. The smallest absolute Gasteiger partial charge is 0.203 e. The van der Waals surface area contributed by atoms with Crippen LogP contribution < -0.4 is 0 Å². The molecule has 1 fully saturated rings. The second kappa shape index (κ2) is 7.58. The van der Waals surface area contributed by atoms with Gasteiger partial charge >= 0.3 is 0 Å². The topological polar surface area (TPSA) is 34.1 Å². The number of thioether (sulfide) groups is 2. The summed E-state index contributed by atoms with van der Waals surface area (Å²) < 4.78 is 0. The van der Waals surface area contributed by atoms with Gasteiger partial charge in [0.25, 0.3) is 0 Å². The minimum atomic E-state index is -0.264. The lowest BCUT2D eigenvalue weighted by molar-refractivity contribution is -0.114. The molecular formula is C20H20O2S2. The van der Waals surface area contributed by atoms with Crippen LogP contribution in [0.2, 0.25) is 0 Å². The SMILES string of the molecule is Cc1ccc(CC2SC(=O)C(Cc3ccc(C)cc3)SC2=O)cc1. The van der Waals surface area contributed by atoms with Gasteiger partial charge in [0.15, 0.2) is 0 Å². The Morgan fingerprint density at radius 1 is 0.667 bits per heavy atom. The van der Waals surface area contributed by atoms with Gasteiger partial charge in [-0.25, -0.2) is 0 Å².